The Balaban J connectivity index is 1.35. The highest BCUT2D eigenvalue weighted by Crippen LogP contribution is 2.34. The van der Waals surface area contributed by atoms with Gasteiger partial charge in [-0.1, -0.05) is 41.4 Å². The SMILES string of the molecule is O=C(Cc1ccccc1Cl)N1CCc2cc(-c3cc(NC4CCOCC4)ncc3Cl)cnc21. The number of halogens is 2. The molecule has 0 atom stereocenters. The fourth-order valence-corrected chi connectivity index (χ4v) is 4.76. The van der Waals surface area contributed by atoms with Gasteiger partial charge < -0.3 is 10.1 Å². The van der Waals surface area contributed by atoms with Crippen molar-refractivity contribution in [3.05, 3.63) is 70.0 Å². The van der Waals surface area contributed by atoms with E-state index in [1.165, 1.54) is 0 Å². The van der Waals surface area contributed by atoms with Crippen molar-refractivity contribution in [3.8, 4) is 11.1 Å². The van der Waals surface area contributed by atoms with Gasteiger partial charge in [0.25, 0.3) is 0 Å². The monoisotopic (exact) mass is 482 g/mol. The molecule has 0 spiro atoms. The third-order valence-corrected chi connectivity index (χ3v) is 6.81. The van der Waals surface area contributed by atoms with E-state index in [2.05, 4.69) is 21.4 Å². The summed E-state index contributed by atoms with van der Waals surface area (Å²) in [7, 11) is 0. The van der Waals surface area contributed by atoms with Gasteiger partial charge in [-0.25, -0.2) is 9.97 Å². The van der Waals surface area contributed by atoms with Crippen LogP contribution in [0.25, 0.3) is 11.1 Å². The van der Waals surface area contributed by atoms with E-state index in [0.717, 1.165) is 60.5 Å². The van der Waals surface area contributed by atoms with E-state index in [1.807, 2.05) is 24.3 Å². The quantitative estimate of drug-likeness (QED) is 0.542. The molecule has 8 heteroatoms. The number of hydrogen-bond donors (Lipinski definition) is 1. The van der Waals surface area contributed by atoms with Crippen molar-refractivity contribution in [2.45, 2.75) is 31.7 Å². The first-order valence-electron chi connectivity index (χ1n) is 11.1. The van der Waals surface area contributed by atoms with E-state index < -0.39 is 0 Å². The lowest BCUT2D eigenvalue weighted by atomic mass is 10.1. The number of fused-ring (bicyclic) bond motifs is 1. The fourth-order valence-electron chi connectivity index (χ4n) is 4.35. The summed E-state index contributed by atoms with van der Waals surface area (Å²) in [5.74, 6) is 1.49. The Morgan fingerprint density at radius 3 is 2.73 bits per heavy atom. The molecule has 0 saturated carbocycles. The highest BCUT2D eigenvalue weighted by molar-refractivity contribution is 6.33. The van der Waals surface area contributed by atoms with Gasteiger partial charge in [0.1, 0.15) is 11.6 Å². The second kappa shape index (κ2) is 9.67. The van der Waals surface area contributed by atoms with Crippen molar-refractivity contribution < 1.29 is 9.53 Å². The summed E-state index contributed by atoms with van der Waals surface area (Å²) in [5, 5.41) is 4.66. The number of amides is 1. The topological polar surface area (TPSA) is 67.4 Å². The van der Waals surface area contributed by atoms with Gasteiger partial charge in [-0.05, 0) is 48.6 Å². The van der Waals surface area contributed by atoms with Gasteiger partial charge in [0, 0.05) is 54.3 Å². The minimum Gasteiger partial charge on any atom is -0.381 e. The predicted molar refractivity (Wildman–Crippen MR) is 131 cm³/mol. The van der Waals surface area contributed by atoms with Crippen molar-refractivity contribution >= 4 is 40.7 Å². The minimum atomic E-state index is -0.00742. The van der Waals surface area contributed by atoms with Crippen LogP contribution >= 0.6 is 23.2 Å². The molecule has 1 amide bonds. The van der Waals surface area contributed by atoms with Crippen LogP contribution in [0.3, 0.4) is 0 Å². The van der Waals surface area contributed by atoms with Crippen LogP contribution in [0.2, 0.25) is 10.0 Å². The molecule has 0 unspecified atom stereocenters. The summed E-state index contributed by atoms with van der Waals surface area (Å²) in [4.78, 5) is 23.8. The Kier molecular flexibility index (Phi) is 6.49. The predicted octanol–water partition coefficient (Wildman–Crippen LogP) is 5.17. The van der Waals surface area contributed by atoms with E-state index in [4.69, 9.17) is 27.9 Å². The van der Waals surface area contributed by atoms with E-state index in [9.17, 15) is 4.79 Å². The number of aromatic nitrogens is 2. The Morgan fingerprint density at radius 1 is 1.09 bits per heavy atom. The molecule has 170 valence electrons. The van der Waals surface area contributed by atoms with Crippen LogP contribution in [0.15, 0.2) is 48.8 Å². The zero-order valence-corrected chi connectivity index (χ0v) is 19.6. The molecular formula is C25H24Cl2N4O2. The normalized spacial score (nSPS) is 16.0. The third-order valence-electron chi connectivity index (χ3n) is 6.14. The van der Waals surface area contributed by atoms with Gasteiger partial charge in [-0.15, -0.1) is 0 Å². The number of nitrogens with one attached hydrogen (secondary N) is 1. The molecule has 3 aromatic rings. The van der Waals surface area contributed by atoms with E-state index in [0.29, 0.717) is 28.4 Å². The van der Waals surface area contributed by atoms with Crippen molar-refractivity contribution in [2.75, 3.05) is 30.0 Å². The van der Waals surface area contributed by atoms with Gasteiger partial charge in [-0.2, -0.15) is 0 Å². The maximum absolute atomic E-state index is 13.0. The van der Waals surface area contributed by atoms with Crippen molar-refractivity contribution in [1.82, 2.24) is 9.97 Å². The molecular weight excluding hydrogens is 459 g/mol. The zero-order valence-electron chi connectivity index (χ0n) is 18.1. The number of benzene rings is 1. The Bertz CT molecular complexity index is 1180. The maximum Gasteiger partial charge on any atom is 0.232 e. The van der Waals surface area contributed by atoms with E-state index >= 15 is 0 Å². The molecule has 6 nitrogen and oxygen atoms in total. The number of rotatable bonds is 5. The molecule has 2 aliphatic heterocycles. The Labute approximate surface area is 202 Å². The summed E-state index contributed by atoms with van der Waals surface area (Å²) in [6, 6.07) is 11.8. The first kappa shape index (κ1) is 22.1. The minimum absolute atomic E-state index is 0.00742. The lowest BCUT2D eigenvalue weighted by molar-refractivity contribution is -0.117. The van der Waals surface area contributed by atoms with Crippen LogP contribution in [0, 0.1) is 0 Å². The van der Waals surface area contributed by atoms with Crippen LogP contribution in [-0.2, 0) is 22.4 Å². The Hall–Kier alpha value is -2.67. The zero-order chi connectivity index (χ0) is 22.8. The smallest absolute Gasteiger partial charge is 0.232 e. The van der Waals surface area contributed by atoms with Crippen LogP contribution in [0.1, 0.15) is 24.0 Å². The first-order chi connectivity index (χ1) is 16.1. The molecule has 1 aromatic carbocycles. The van der Waals surface area contributed by atoms with Gasteiger partial charge in [0.2, 0.25) is 5.91 Å². The van der Waals surface area contributed by atoms with Crippen molar-refractivity contribution in [1.29, 1.82) is 0 Å². The molecule has 0 radical (unpaired) electrons. The number of pyridine rings is 2. The standard InChI is InChI=1S/C25H24Cl2N4O2/c26-21-4-2-1-3-16(21)12-24(32)31-8-5-17-11-18(14-29-25(17)31)20-13-23(28-15-22(20)27)30-19-6-9-33-10-7-19/h1-4,11,13-15,19H,5-10,12H2,(H,28,30). The average Bonchev–Trinajstić information content (AvgIpc) is 3.26. The van der Waals surface area contributed by atoms with Gasteiger partial charge in [0.05, 0.1) is 11.4 Å². The number of anilines is 2. The molecule has 2 aliphatic rings. The lowest BCUT2D eigenvalue weighted by Gasteiger charge is -2.24. The molecule has 0 bridgehead atoms. The highest BCUT2D eigenvalue weighted by Gasteiger charge is 2.27. The number of carbonyl (C=O) groups is 1. The first-order valence-corrected chi connectivity index (χ1v) is 11.9. The number of carbonyl (C=O) groups excluding carboxylic acids is 1. The Morgan fingerprint density at radius 2 is 1.91 bits per heavy atom. The highest BCUT2D eigenvalue weighted by atomic mass is 35.5. The number of nitrogens with zero attached hydrogens (tertiary/aromatic N) is 3. The summed E-state index contributed by atoms with van der Waals surface area (Å²) in [6.07, 6.45) is 6.36. The number of hydrogen-bond acceptors (Lipinski definition) is 5. The van der Waals surface area contributed by atoms with Crippen molar-refractivity contribution in [3.63, 3.8) is 0 Å². The summed E-state index contributed by atoms with van der Waals surface area (Å²) in [6.45, 7) is 2.13. The van der Waals surface area contributed by atoms with Gasteiger partial charge in [0.15, 0.2) is 0 Å². The van der Waals surface area contributed by atoms with Crippen molar-refractivity contribution in [2.24, 2.45) is 0 Å². The molecule has 1 N–H and O–H groups in total. The molecule has 2 aromatic heterocycles. The third kappa shape index (κ3) is 4.83. The van der Waals surface area contributed by atoms with Crippen LogP contribution < -0.4 is 10.2 Å². The second-order valence-corrected chi connectivity index (χ2v) is 9.17. The van der Waals surface area contributed by atoms with Crippen LogP contribution in [0.5, 0.6) is 0 Å². The lowest BCUT2D eigenvalue weighted by Crippen LogP contribution is -2.31. The molecule has 0 aliphatic carbocycles. The molecule has 4 heterocycles. The molecule has 33 heavy (non-hydrogen) atoms. The van der Waals surface area contributed by atoms with Crippen LogP contribution in [0.4, 0.5) is 11.6 Å². The fraction of sp³-hybridized carbons (Fsp3) is 0.320. The molecule has 1 saturated heterocycles. The molecule has 5 rings (SSSR count). The van der Waals surface area contributed by atoms with E-state index in [1.54, 1.807) is 23.4 Å². The largest absolute Gasteiger partial charge is 0.381 e. The maximum atomic E-state index is 13.0. The summed E-state index contributed by atoms with van der Waals surface area (Å²) >= 11 is 12.7. The summed E-state index contributed by atoms with van der Waals surface area (Å²) in [5.41, 5.74) is 3.64. The van der Waals surface area contributed by atoms with Gasteiger partial charge in [-0.3, -0.25) is 9.69 Å². The molecule has 1 fully saturated rings. The van der Waals surface area contributed by atoms with Gasteiger partial charge >= 0.3 is 0 Å². The summed E-state index contributed by atoms with van der Waals surface area (Å²) < 4.78 is 5.43. The van der Waals surface area contributed by atoms with Crippen LogP contribution in [-0.4, -0.2) is 41.7 Å². The second-order valence-electron chi connectivity index (χ2n) is 8.35. The van der Waals surface area contributed by atoms with E-state index in [-0.39, 0.29) is 12.3 Å². The number of ether oxygens (including phenoxy) is 1. The average molecular weight is 483 g/mol.